The second-order valence-corrected chi connectivity index (χ2v) is 3.89. The first-order valence-corrected chi connectivity index (χ1v) is 5.63. The maximum absolute atomic E-state index is 5.42. The minimum atomic E-state index is 0.202. The number of nitrogens with zero attached hydrogens (tertiary/aromatic N) is 1. The number of aryl methyl sites for hydroxylation is 2. The minimum absolute atomic E-state index is 0.202. The van der Waals surface area contributed by atoms with Crippen LogP contribution in [0.25, 0.3) is 0 Å². The van der Waals surface area contributed by atoms with Gasteiger partial charge in [-0.1, -0.05) is 0 Å². The number of benzene rings is 1. The lowest BCUT2D eigenvalue weighted by Gasteiger charge is -2.07. The standard InChI is InChI=1S/C13H16N2O3/c1-16-11-5-9(6-12(7-11)17-2)3-4-10-8-15-13(14)18-10/h5-8H,3-4H2,1-2H3,(H2,14,15). The van der Waals surface area contributed by atoms with Crippen molar-refractivity contribution in [1.29, 1.82) is 0 Å². The number of oxazole rings is 1. The van der Waals surface area contributed by atoms with Gasteiger partial charge in [-0.3, -0.25) is 0 Å². The molecule has 5 nitrogen and oxygen atoms in total. The van der Waals surface area contributed by atoms with Crippen LogP contribution in [0.3, 0.4) is 0 Å². The molecule has 0 spiro atoms. The van der Waals surface area contributed by atoms with Crippen LogP contribution in [0.1, 0.15) is 11.3 Å². The number of methoxy groups -OCH3 is 2. The first-order chi connectivity index (χ1) is 8.71. The number of anilines is 1. The van der Waals surface area contributed by atoms with Gasteiger partial charge in [0.05, 0.1) is 20.4 Å². The van der Waals surface area contributed by atoms with Crippen LogP contribution in [-0.2, 0) is 12.8 Å². The fourth-order valence-corrected chi connectivity index (χ4v) is 1.72. The molecule has 2 aromatic rings. The lowest BCUT2D eigenvalue weighted by atomic mass is 10.1. The highest BCUT2D eigenvalue weighted by Crippen LogP contribution is 2.23. The van der Waals surface area contributed by atoms with Crippen molar-refractivity contribution < 1.29 is 13.9 Å². The van der Waals surface area contributed by atoms with E-state index in [1.54, 1.807) is 20.4 Å². The lowest BCUT2D eigenvalue weighted by molar-refractivity contribution is 0.393. The summed E-state index contributed by atoms with van der Waals surface area (Å²) < 4.78 is 15.7. The zero-order chi connectivity index (χ0) is 13.0. The Bertz CT molecular complexity index is 500. The van der Waals surface area contributed by atoms with Gasteiger partial charge in [0.15, 0.2) is 0 Å². The van der Waals surface area contributed by atoms with Crippen LogP contribution in [0.5, 0.6) is 11.5 Å². The van der Waals surface area contributed by atoms with E-state index in [4.69, 9.17) is 19.6 Å². The van der Waals surface area contributed by atoms with Crippen molar-refractivity contribution in [3.05, 3.63) is 35.7 Å². The SMILES string of the molecule is COc1cc(CCc2cnc(N)o2)cc(OC)c1. The molecule has 0 radical (unpaired) electrons. The van der Waals surface area contributed by atoms with Gasteiger partial charge in [0.25, 0.3) is 6.01 Å². The number of nitrogen functional groups attached to an aromatic ring is 1. The van der Waals surface area contributed by atoms with Crippen LogP contribution in [0.15, 0.2) is 28.8 Å². The van der Waals surface area contributed by atoms with E-state index in [9.17, 15) is 0 Å². The van der Waals surface area contributed by atoms with E-state index >= 15 is 0 Å². The van der Waals surface area contributed by atoms with E-state index in [0.717, 1.165) is 35.7 Å². The predicted molar refractivity (Wildman–Crippen MR) is 67.9 cm³/mol. The van der Waals surface area contributed by atoms with Gasteiger partial charge in [-0.05, 0) is 24.1 Å². The van der Waals surface area contributed by atoms with Gasteiger partial charge < -0.3 is 19.6 Å². The summed E-state index contributed by atoms with van der Waals surface area (Å²) in [7, 11) is 3.27. The Labute approximate surface area is 106 Å². The second-order valence-electron chi connectivity index (χ2n) is 3.89. The predicted octanol–water partition coefficient (Wildman–Crippen LogP) is 2.06. The van der Waals surface area contributed by atoms with Gasteiger partial charge >= 0.3 is 0 Å². The highest BCUT2D eigenvalue weighted by molar-refractivity contribution is 5.38. The summed E-state index contributed by atoms with van der Waals surface area (Å²) in [5.41, 5.74) is 6.53. The molecule has 96 valence electrons. The maximum Gasteiger partial charge on any atom is 0.292 e. The number of ether oxygens (including phenoxy) is 2. The topological polar surface area (TPSA) is 70.5 Å². The third-order valence-electron chi connectivity index (χ3n) is 2.64. The van der Waals surface area contributed by atoms with Gasteiger partial charge in [0, 0.05) is 12.5 Å². The zero-order valence-corrected chi connectivity index (χ0v) is 10.5. The van der Waals surface area contributed by atoms with Crippen molar-refractivity contribution in [3.63, 3.8) is 0 Å². The Morgan fingerprint density at radius 1 is 1.11 bits per heavy atom. The number of hydrogen-bond acceptors (Lipinski definition) is 5. The lowest BCUT2D eigenvalue weighted by Crippen LogP contribution is -1.94. The van der Waals surface area contributed by atoms with Crippen molar-refractivity contribution >= 4 is 6.01 Å². The van der Waals surface area contributed by atoms with Gasteiger partial charge in [0.1, 0.15) is 17.3 Å². The Hall–Kier alpha value is -2.17. The third-order valence-corrected chi connectivity index (χ3v) is 2.64. The Balaban J connectivity index is 2.08. The average Bonchev–Trinajstić information content (AvgIpc) is 2.81. The minimum Gasteiger partial charge on any atom is -0.497 e. The molecule has 0 saturated carbocycles. The second kappa shape index (κ2) is 5.44. The molecule has 0 unspecified atom stereocenters. The number of hydrogen-bond donors (Lipinski definition) is 1. The summed E-state index contributed by atoms with van der Waals surface area (Å²) in [5, 5.41) is 0. The van der Waals surface area contributed by atoms with Crippen molar-refractivity contribution in [3.8, 4) is 11.5 Å². The quantitative estimate of drug-likeness (QED) is 0.877. The van der Waals surface area contributed by atoms with Crippen LogP contribution in [-0.4, -0.2) is 19.2 Å². The molecule has 1 heterocycles. The summed E-state index contributed by atoms with van der Waals surface area (Å²) in [6.45, 7) is 0. The summed E-state index contributed by atoms with van der Waals surface area (Å²) >= 11 is 0. The van der Waals surface area contributed by atoms with Crippen molar-refractivity contribution in [2.45, 2.75) is 12.8 Å². The molecule has 1 aromatic heterocycles. The number of nitrogens with two attached hydrogens (primary N) is 1. The van der Waals surface area contributed by atoms with Gasteiger partial charge in [0.2, 0.25) is 0 Å². The Morgan fingerprint density at radius 3 is 2.28 bits per heavy atom. The van der Waals surface area contributed by atoms with Gasteiger partial charge in [-0.25, -0.2) is 4.98 Å². The molecule has 5 heteroatoms. The molecular formula is C13H16N2O3. The average molecular weight is 248 g/mol. The molecule has 0 aliphatic rings. The van der Waals surface area contributed by atoms with Gasteiger partial charge in [-0.2, -0.15) is 0 Å². The molecule has 0 fully saturated rings. The van der Waals surface area contributed by atoms with E-state index in [2.05, 4.69) is 4.98 Å². The van der Waals surface area contributed by atoms with Crippen LogP contribution in [0.4, 0.5) is 6.01 Å². The third kappa shape index (κ3) is 2.94. The maximum atomic E-state index is 5.42. The van der Waals surface area contributed by atoms with E-state index in [0.29, 0.717) is 0 Å². The molecular weight excluding hydrogens is 232 g/mol. The van der Waals surface area contributed by atoms with E-state index < -0.39 is 0 Å². The van der Waals surface area contributed by atoms with Crippen LogP contribution >= 0.6 is 0 Å². The van der Waals surface area contributed by atoms with Crippen LogP contribution in [0.2, 0.25) is 0 Å². The van der Waals surface area contributed by atoms with Crippen LogP contribution in [0, 0.1) is 0 Å². The molecule has 0 amide bonds. The number of aromatic nitrogens is 1. The largest absolute Gasteiger partial charge is 0.497 e. The zero-order valence-electron chi connectivity index (χ0n) is 10.5. The van der Waals surface area contributed by atoms with Crippen LogP contribution < -0.4 is 15.2 Å². The fraction of sp³-hybridized carbons (Fsp3) is 0.308. The fourth-order valence-electron chi connectivity index (χ4n) is 1.72. The molecule has 0 bridgehead atoms. The van der Waals surface area contributed by atoms with E-state index in [1.165, 1.54) is 0 Å². The molecule has 0 atom stereocenters. The van der Waals surface area contributed by atoms with Crippen molar-refractivity contribution in [1.82, 2.24) is 4.98 Å². The number of rotatable bonds is 5. The molecule has 0 aliphatic heterocycles. The smallest absolute Gasteiger partial charge is 0.292 e. The monoisotopic (exact) mass is 248 g/mol. The van der Waals surface area contributed by atoms with Crippen molar-refractivity contribution in [2.24, 2.45) is 0 Å². The molecule has 2 rings (SSSR count). The molecule has 2 N–H and O–H groups in total. The first-order valence-electron chi connectivity index (χ1n) is 5.63. The van der Waals surface area contributed by atoms with Crippen molar-refractivity contribution in [2.75, 3.05) is 20.0 Å². The summed E-state index contributed by atoms with van der Waals surface area (Å²) in [6.07, 6.45) is 3.19. The highest BCUT2D eigenvalue weighted by atomic mass is 16.5. The summed E-state index contributed by atoms with van der Waals surface area (Å²) in [6, 6.07) is 5.99. The van der Waals surface area contributed by atoms with E-state index in [-0.39, 0.29) is 6.01 Å². The van der Waals surface area contributed by atoms with Gasteiger partial charge in [-0.15, -0.1) is 0 Å². The first kappa shape index (κ1) is 12.3. The summed E-state index contributed by atoms with van der Waals surface area (Å²) in [4.78, 5) is 3.86. The Morgan fingerprint density at radius 2 is 1.78 bits per heavy atom. The molecule has 0 saturated heterocycles. The summed E-state index contributed by atoms with van der Waals surface area (Å²) in [5.74, 6) is 2.33. The normalized spacial score (nSPS) is 10.3. The highest BCUT2D eigenvalue weighted by Gasteiger charge is 2.05. The molecule has 18 heavy (non-hydrogen) atoms. The molecule has 1 aromatic carbocycles. The van der Waals surface area contributed by atoms with E-state index in [1.807, 2.05) is 18.2 Å². The molecule has 0 aliphatic carbocycles. The Kier molecular flexibility index (Phi) is 3.72.